The van der Waals surface area contributed by atoms with Crippen LogP contribution in [-0.4, -0.2) is 28.9 Å². The summed E-state index contributed by atoms with van der Waals surface area (Å²) in [6.45, 7) is 4.21. The monoisotopic (exact) mass is 333 g/mol. The van der Waals surface area contributed by atoms with Gasteiger partial charge in [-0.15, -0.1) is 6.58 Å². The molecule has 3 rings (SSSR count). The molecule has 104 valence electrons. The fraction of sp³-hybridized carbons (Fsp3) is 0.333. The van der Waals surface area contributed by atoms with E-state index in [0.717, 1.165) is 23.7 Å². The fourth-order valence-corrected chi connectivity index (χ4v) is 3.57. The van der Waals surface area contributed by atoms with Crippen molar-refractivity contribution in [2.24, 2.45) is 10.7 Å². The molecule has 1 aliphatic carbocycles. The Morgan fingerprint density at radius 2 is 2.30 bits per heavy atom. The molecule has 0 aromatic heterocycles. The Labute approximate surface area is 126 Å². The van der Waals surface area contributed by atoms with Gasteiger partial charge in [-0.2, -0.15) is 4.99 Å². The Morgan fingerprint density at radius 1 is 1.50 bits per heavy atom. The molecule has 2 N–H and O–H groups in total. The first-order valence-electron chi connectivity index (χ1n) is 6.61. The molecule has 1 aromatic rings. The highest BCUT2D eigenvalue weighted by Crippen LogP contribution is 2.37. The van der Waals surface area contributed by atoms with Crippen LogP contribution >= 0.6 is 15.9 Å². The topological polar surface area (TPSA) is 58.7 Å². The van der Waals surface area contributed by atoms with Crippen LogP contribution in [0.4, 0.5) is 4.79 Å². The average molecular weight is 334 g/mol. The normalized spacial score (nSPS) is 24.8. The van der Waals surface area contributed by atoms with Crippen molar-refractivity contribution in [2.75, 3.05) is 6.54 Å². The minimum Gasteiger partial charge on any atom is -0.385 e. The first kappa shape index (κ1) is 13.4. The van der Waals surface area contributed by atoms with Gasteiger partial charge in [0.25, 0.3) is 0 Å². The number of rotatable bonds is 2. The molecule has 0 saturated heterocycles. The van der Waals surface area contributed by atoms with Gasteiger partial charge in [-0.1, -0.05) is 28.1 Å². The molecule has 5 heteroatoms. The summed E-state index contributed by atoms with van der Waals surface area (Å²) in [6.07, 6.45) is 4.16. The van der Waals surface area contributed by atoms with Crippen molar-refractivity contribution in [1.82, 2.24) is 4.90 Å². The number of carbonyl (C=O) groups is 1. The molecule has 0 saturated carbocycles. The molecule has 20 heavy (non-hydrogen) atoms. The van der Waals surface area contributed by atoms with E-state index in [9.17, 15) is 4.79 Å². The van der Waals surface area contributed by atoms with Gasteiger partial charge in [-0.3, -0.25) is 0 Å². The van der Waals surface area contributed by atoms with Crippen LogP contribution in [-0.2, 0) is 12.8 Å². The Hall–Kier alpha value is -1.62. The molecular formula is C15H16BrN3O. The molecule has 0 fully saturated rings. The van der Waals surface area contributed by atoms with Gasteiger partial charge in [0, 0.05) is 17.4 Å². The SMILES string of the molecule is C=CCN1C(=O)N=C(N)C12CCc1cc(Br)ccc1C2. The Bertz CT molecular complexity index is 626. The number of nitrogens with two attached hydrogens (primary N) is 1. The predicted molar refractivity (Wildman–Crippen MR) is 82.8 cm³/mol. The van der Waals surface area contributed by atoms with E-state index in [4.69, 9.17) is 5.73 Å². The van der Waals surface area contributed by atoms with Crippen molar-refractivity contribution < 1.29 is 4.79 Å². The molecule has 1 atom stereocenters. The minimum absolute atomic E-state index is 0.247. The van der Waals surface area contributed by atoms with Gasteiger partial charge in [0.2, 0.25) is 0 Å². The van der Waals surface area contributed by atoms with E-state index >= 15 is 0 Å². The number of halogens is 1. The third kappa shape index (κ3) is 1.88. The molecule has 1 heterocycles. The highest BCUT2D eigenvalue weighted by Gasteiger charge is 2.49. The van der Waals surface area contributed by atoms with Crippen LogP contribution in [0.15, 0.2) is 40.3 Å². The van der Waals surface area contributed by atoms with Crippen LogP contribution in [0.25, 0.3) is 0 Å². The second-order valence-electron chi connectivity index (χ2n) is 5.30. The van der Waals surface area contributed by atoms with Gasteiger partial charge < -0.3 is 10.6 Å². The molecule has 1 aromatic carbocycles. The first-order chi connectivity index (χ1) is 9.56. The number of hydrogen-bond acceptors (Lipinski definition) is 2. The second-order valence-corrected chi connectivity index (χ2v) is 6.22. The summed E-state index contributed by atoms with van der Waals surface area (Å²) < 4.78 is 1.08. The standard InChI is InChI=1S/C15H16BrN3O/c1-2-7-19-14(20)18-13(17)15(19)6-5-10-8-12(16)4-3-11(10)9-15/h2-4,8H,1,5-7,9H2,(H2,17,18,20). The van der Waals surface area contributed by atoms with Crippen molar-refractivity contribution in [3.63, 3.8) is 0 Å². The lowest BCUT2D eigenvalue weighted by Gasteiger charge is -2.41. The number of nitrogens with zero attached hydrogens (tertiary/aromatic N) is 2. The van der Waals surface area contributed by atoms with E-state index in [1.165, 1.54) is 11.1 Å². The summed E-state index contributed by atoms with van der Waals surface area (Å²) in [6, 6.07) is 6.02. The number of fused-ring (bicyclic) bond motifs is 1. The van der Waals surface area contributed by atoms with Crippen molar-refractivity contribution in [3.05, 3.63) is 46.5 Å². The third-order valence-corrected chi connectivity index (χ3v) is 4.70. The molecule has 2 amide bonds. The average Bonchev–Trinajstić information content (AvgIpc) is 2.64. The zero-order valence-electron chi connectivity index (χ0n) is 11.1. The Morgan fingerprint density at radius 3 is 3.05 bits per heavy atom. The quantitative estimate of drug-likeness (QED) is 0.846. The summed E-state index contributed by atoms with van der Waals surface area (Å²) >= 11 is 3.50. The van der Waals surface area contributed by atoms with E-state index in [1.54, 1.807) is 11.0 Å². The summed E-state index contributed by atoms with van der Waals surface area (Å²) in [5.74, 6) is 0.443. The van der Waals surface area contributed by atoms with Crippen LogP contribution < -0.4 is 5.73 Å². The summed E-state index contributed by atoms with van der Waals surface area (Å²) in [5.41, 5.74) is 8.17. The Balaban J connectivity index is 2.01. The maximum absolute atomic E-state index is 12.0. The lowest BCUT2D eigenvalue weighted by molar-refractivity contribution is 0.170. The molecule has 1 unspecified atom stereocenters. The molecule has 1 spiro atoms. The van der Waals surface area contributed by atoms with Gasteiger partial charge in [0.15, 0.2) is 0 Å². The first-order valence-corrected chi connectivity index (χ1v) is 7.40. The van der Waals surface area contributed by atoms with Gasteiger partial charge in [-0.05, 0) is 36.1 Å². The smallest absolute Gasteiger partial charge is 0.346 e. The maximum Gasteiger partial charge on any atom is 0.346 e. The van der Waals surface area contributed by atoms with Crippen molar-refractivity contribution in [2.45, 2.75) is 24.8 Å². The number of carbonyl (C=O) groups excluding carboxylic acids is 1. The number of urea groups is 1. The number of aryl methyl sites for hydroxylation is 1. The largest absolute Gasteiger partial charge is 0.385 e. The molecule has 4 nitrogen and oxygen atoms in total. The van der Waals surface area contributed by atoms with Gasteiger partial charge in [0.05, 0.1) is 0 Å². The molecule has 2 aliphatic rings. The summed E-state index contributed by atoms with van der Waals surface area (Å²) in [5, 5.41) is 0. The minimum atomic E-state index is -0.466. The number of aliphatic imine (C=N–C) groups is 1. The van der Waals surface area contributed by atoms with E-state index in [0.29, 0.717) is 12.4 Å². The van der Waals surface area contributed by atoms with Gasteiger partial charge in [0.1, 0.15) is 11.4 Å². The van der Waals surface area contributed by atoms with Crippen molar-refractivity contribution >= 4 is 27.8 Å². The summed E-state index contributed by atoms with van der Waals surface area (Å²) in [4.78, 5) is 17.7. The van der Waals surface area contributed by atoms with Crippen LogP contribution in [0, 0.1) is 0 Å². The zero-order valence-corrected chi connectivity index (χ0v) is 12.7. The summed E-state index contributed by atoms with van der Waals surface area (Å²) in [7, 11) is 0. The lowest BCUT2D eigenvalue weighted by atomic mass is 9.76. The highest BCUT2D eigenvalue weighted by molar-refractivity contribution is 9.10. The van der Waals surface area contributed by atoms with E-state index in [2.05, 4.69) is 39.6 Å². The van der Waals surface area contributed by atoms with E-state index < -0.39 is 5.54 Å². The molecule has 1 aliphatic heterocycles. The number of amides is 2. The number of benzene rings is 1. The van der Waals surface area contributed by atoms with Gasteiger partial charge in [-0.25, -0.2) is 4.79 Å². The van der Waals surface area contributed by atoms with Crippen LogP contribution in [0.2, 0.25) is 0 Å². The molecule has 0 bridgehead atoms. The van der Waals surface area contributed by atoms with Crippen molar-refractivity contribution in [3.8, 4) is 0 Å². The van der Waals surface area contributed by atoms with Crippen LogP contribution in [0.5, 0.6) is 0 Å². The van der Waals surface area contributed by atoms with Gasteiger partial charge >= 0.3 is 6.03 Å². The highest BCUT2D eigenvalue weighted by atomic mass is 79.9. The molecular weight excluding hydrogens is 318 g/mol. The van der Waals surface area contributed by atoms with Crippen LogP contribution in [0.3, 0.4) is 0 Å². The predicted octanol–water partition coefficient (Wildman–Crippen LogP) is 2.66. The van der Waals surface area contributed by atoms with E-state index in [-0.39, 0.29) is 6.03 Å². The van der Waals surface area contributed by atoms with E-state index in [1.807, 2.05) is 6.07 Å². The third-order valence-electron chi connectivity index (χ3n) is 4.21. The fourth-order valence-electron chi connectivity index (χ4n) is 3.16. The second kappa shape index (κ2) is 4.74. The van der Waals surface area contributed by atoms with Crippen LogP contribution in [0.1, 0.15) is 17.5 Å². The maximum atomic E-state index is 12.0. The Kier molecular flexibility index (Phi) is 3.17. The lowest BCUT2D eigenvalue weighted by Crippen LogP contribution is -2.57. The number of amidine groups is 1. The zero-order chi connectivity index (χ0) is 14.3. The van der Waals surface area contributed by atoms with Crippen molar-refractivity contribution in [1.29, 1.82) is 0 Å². The molecule has 0 radical (unpaired) electrons. The number of hydrogen-bond donors (Lipinski definition) is 1.